The van der Waals surface area contributed by atoms with Crippen molar-refractivity contribution in [3.8, 4) is 10.6 Å². The van der Waals surface area contributed by atoms with E-state index >= 15 is 0 Å². The topological polar surface area (TPSA) is 67.8 Å². The number of aryl methyl sites for hydroxylation is 1. The molecular formula is C18H18N4OS. The van der Waals surface area contributed by atoms with Crippen molar-refractivity contribution in [2.24, 2.45) is 0 Å². The van der Waals surface area contributed by atoms with Crippen molar-refractivity contribution in [3.05, 3.63) is 41.2 Å². The van der Waals surface area contributed by atoms with Crippen molar-refractivity contribution in [1.29, 1.82) is 0 Å². The summed E-state index contributed by atoms with van der Waals surface area (Å²) in [4.78, 5) is 16.8. The quantitative estimate of drug-likeness (QED) is 0.792. The van der Waals surface area contributed by atoms with Crippen molar-refractivity contribution >= 4 is 27.9 Å². The number of carbonyl (C=O) groups excluding carboxylic acids is 1. The first-order valence-electron chi connectivity index (χ1n) is 8.14. The summed E-state index contributed by atoms with van der Waals surface area (Å²) >= 11 is 1.58. The third kappa shape index (κ3) is 3.07. The van der Waals surface area contributed by atoms with Gasteiger partial charge in [0.25, 0.3) is 0 Å². The Morgan fingerprint density at radius 3 is 2.96 bits per heavy atom. The Morgan fingerprint density at radius 1 is 1.29 bits per heavy atom. The molecule has 1 aromatic carbocycles. The number of hydrogen-bond donors (Lipinski definition) is 1. The van der Waals surface area contributed by atoms with Gasteiger partial charge in [0.2, 0.25) is 0 Å². The fourth-order valence-corrected chi connectivity index (χ4v) is 3.78. The van der Waals surface area contributed by atoms with Crippen molar-refractivity contribution in [2.45, 2.75) is 32.2 Å². The molecule has 0 spiro atoms. The lowest BCUT2D eigenvalue weighted by Crippen LogP contribution is -2.32. The van der Waals surface area contributed by atoms with E-state index in [1.807, 2.05) is 31.3 Å². The monoisotopic (exact) mass is 338 g/mol. The maximum atomic E-state index is 12.3. The molecule has 1 fully saturated rings. The molecule has 6 heteroatoms. The number of rotatable bonds is 4. The van der Waals surface area contributed by atoms with Crippen LogP contribution >= 0.6 is 11.3 Å². The van der Waals surface area contributed by atoms with Gasteiger partial charge in [0, 0.05) is 22.8 Å². The molecule has 1 aliphatic rings. The second kappa shape index (κ2) is 6.37. The predicted molar refractivity (Wildman–Crippen MR) is 95.1 cm³/mol. The van der Waals surface area contributed by atoms with Crippen molar-refractivity contribution in [1.82, 2.24) is 20.5 Å². The molecule has 2 aromatic heterocycles. The Bertz CT molecular complexity index is 899. The van der Waals surface area contributed by atoms with Crippen LogP contribution in [0.2, 0.25) is 0 Å². The minimum atomic E-state index is -0.00167. The number of hydrogen-bond acceptors (Lipinski definition) is 6. The second-order valence-electron chi connectivity index (χ2n) is 6.16. The Morgan fingerprint density at radius 2 is 2.21 bits per heavy atom. The first-order chi connectivity index (χ1) is 11.7. The zero-order chi connectivity index (χ0) is 16.5. The van der Waals surface area contributed by atoms with Crippen LogP contribution in [0.5, 0.6) is 0 Å². The van der Waals surface area contributed by atoms with Crippen LogP contribution < -0.4 is 5.32 Å². The molecule has 0 unspecified atom stereocenters. The van der Waals surface area contributed by atoms with Gasteiger partial charge < -0.3 is 5.32 Å². The molecule has 24 heavy (non-hydrogen) atoms. The van der Waals surface area contributed by atoms with Gasteiger partial charge >= 0.3 is 0 Å². The van der Waals surface area contributed by atoms with E-state index < -0.39 is 0 Å². The maximum absolute atomic E-state index is 12.3. The molecule has 0 bridgehead atoms. The standard InChI is InChI=1S/C18H18N4OS/c1-11-21-22-18(24-11)12-4-5-13-10-20-15(8-14(13)7-12)9-17(23)16-3-2-6-19-16/h4-5,7-8,10,16,19H,2-3,6,9H2,1H3/t16-/m1/s1. The van der Waals surface area contributed by atoms with Crippen LogP contribution in [-0.2, 0) is 11.2 Å². The third-order valence-corrected chi connectivity index (χ3v) is 5.24. The van der Waals surface area contributed by atoms with Gasteiger partial charge in [-0.25, -0.2) is 0 Å². The van der Waals surface area contributed by atoms with Crippen LogP contribution in [0, 0.1) is 6.92 Å². The average molecular weight is 338 g/mol. The number of nitrogens with one attached hydrogen (secondary N) is 1. The highest BCUT2D eigenvalue weighted by atomic mass is 32.1. The minimum Gasteiger partial charge on any atom is -0.307 e. The lowest BCUT2D eigenvalue weighted by atomic mass is 10.0. The van der Waals surface area contributed by atoms with E-state index in [9.17, 15) is 4.79 Å². The van der Waals surface area contributed by atoms with E-state index in [0.717, 1.165) is 51.4 Å². The van der Waals surface area contributed by atoms with Gasteiger partial charge in [0.15, 0.2) is 5.78 Å². The summed E-state index contributed by atoms with van der Waals surface area (Å²) in [6.45, 7) is 2.89. The number of nitrogens with zero attached hydrogens (tertiary/aromatic N) is 3. The van der Waals surface area contributed by atoms with Gasteiger partial charge in [-0.2, -0.15) is 0 Å². The van der Waals surface area contributed by atoms with E-state index in [1.165, 1.54) is 0 Å². The van der Waals surface area contributed by atoms with E-state index in [1.54, 1.807) is 11.3 Å². The van der Waals surface area contributed by atoms with Crippen molar-refractivity contribution < 1.29 is 4.79 Å². The summed E-state index contributed by atoms with van der Waals surface area (Å²) < 4.78 is 0. The van der Waals surface area contributed by atoms with Gasteiger partial charge in [0.1, 0.15) is 10.0 Å². The lowest BCUT2D eigenvalue weighted by Gasteiger charge is -2.09. The molecule has 1 atom stereocenters. The largest absolute Gasteiger partial charge is 0.307 e. The van der Waals surface area contributed by atoms with Gasteiger partial charge in [-0.3, -0.25) is 9.78 Å². The summed E-state index contributed by atoms with van der Waals surface area (Å²) in [6.07, 6.45) is 4.24. The molecule has 1 N–H and O–H groups in total. The van der Waals surface area contributed by atoms with E-state index in [0.29, 0.717) is 6.42 Å². The van der Waals surface area contributed by atoms with Gasteiger partial charge in [-0.15, -0.1) is 10.2 Å². The van der Waals surface area contributed by atoms with Crippen LogP contribution in [0.25, 0.3) is 21.3 Å². The minimum absolute atomic E-state index is 0.00167. The fraction of sp³-hybridized carbons (Fsp3) is 0.333. The number of fused-ring (bicyclic) bond motifs is 1. The second-order valence-corrected chi connectivity index (χ2v) is 7.34. The molecular weight excluding hydrogens is 320 g/mol. The number of Topliss-reactive ketones (excluding diaryl/α,β-unsaturated/α-hetero) is 1. The number of benzene rings is 1. The van der Waals surface area contributed by atoms with E-state index in [-0.39, 0.29) is 11.8 Å². The molecule has 3 aromatic rings. The summed E-state index contributed by atoms with van der Waals surface area (Å²) in [7, 11) is 0. The first kappa shape index (κ1) is 15.4. The summed E-state index contributed by atoms with van der Waals surface area (Å²) in [5, 5.41) is 15.6. The average Bonchev–Trinajstić information content (AvgIpc) is 3.25. The maximum Gasteiger partial charge on any atom is 0.155 e. The molecule has 3 heterocycles. The molecule has 5 nitrogen and oxygen atoms in total. The Kier molecular flexibility index (Phi) is 4.08. The van der Waals surface area contributed by atoms with Gasteiger partial charge in [-0.1, -0.05) is 23.5 Å². The van der Waals surface area contributed by atoms with Crippen LogP contribution in [0.15, 0.2) is 30.5 Å². The highest BCUT2D eigenvalue weighted by Gasteiger charge is 2.22. The fourth-order valence-electron chi connectivity index (χ4n) is 3.09. The normalized spacial score (nSPS) is 17.5. The molecule has 0 aliphatic carbocycles. The zero-order valence-corrected chi connectivity index (χ0v) is 14.3. The highest BCUT2D eigenvalue weighted by Crippen LogP contribution is 2.27. The molecule has 1 saturated heterocycles. The first-order valence-corrected chi connectivity index (χ1v) is 8.96. The molecule has 0 amide bonds. The third-order valence-electron chi connectivity index (χ3n) is 4.36. The van der Waals surface area contributed by atoms with Gasteiger partial charge in [-0.05, 0) is 43.8 Å². The number of pyridine rings is 1. The molecule has 0 radical (unpaired) electrons. The zero-order valence-electron chi connectivity index (χ0n) is 13.5. The van der Waals surface area contributed by atoms with Crippen molar-refractivity contribution in [3.63, 3.8) is 0 Å². The van der Waals surface area contributed by atoms with Crippen molar-refractivity contribution in [2.75, 3.05) is 6.54 Å². The number of carbonyl (C=O) groups is 1. The number of ketones is 1. The smallest absolute Gasteiger partial charge is 0.155 e. The van der Waals surface area contributed by atoms with Crippen LogP contribution in [0.1, 0.15) is 23.5 Å². The molecule has 4 rings (SSSR count). The molecule has 122 valence electrons. The Hall–Kier alpha value is -2.18. The Balaban J connectivity index is 1.62. The SMILES string of the molecule is Cc1nnc(-c2ccc3cnc(CC(=O)[C@H]4CCCN4)cc3c2)s1. The summed E-state index contributed by atoms with van der Waals surface area (Å²) in [6, 6.07) is 8.19. The highest BCUT2D eigenvalue weighted by molar-refractivity contribution is 7.14. The predicted octanol–water partition coefficient (Wildman–Crippen LogP) is 2.93. The molecule has 1 aliphatic heterocycles. The van der Waals surface area contributed by atoms with E-state index in [4.69, 9.17) is 0 Å². The summed E-state index contributed by atoms with van der Waals surface area (Å²) in [5.74, 6) is 0.232. The molecule has 0 saturated carbocycles. The van der Waals surface area contributed by atoms with Gasteiger partial charge in [0.05, 0.1) is 12.5 Å². The summed E-state index contributed by atoms with van der Waals surface area (Å²) in [5.41, 5.74) is 1.88. The lowest BCUT2D eigenvalue weighted by molar-refractivity contribution is -0.120. The van der Waals surface area contributed by atoms with Crippen LogP contribution in [-0.4, -0.2) is 33.6 Å². The van der Waals surface area contributed by atoms with Crippen LogP contribution in [0.3, 0.4) is 0 Å². The van der Waals surface area contributed by atoms with E-state index in [2.05, 4.69) is 26.6 Å². The van der Waals surface area contributed by atoms with Crippen LogP contribution in [0.4, 0.5) is 0 Å². The number of aromatic nitrogens is 3. The Labute approximate surface area is 144 Å².